The minimum atomic E-state index is 0.785. The van der Waals surface area contributed by atoms with Crippen LogP contribution in [0.1, 0.15) is 47.8 Å². The molecule has 2 heterocycles. The van der Waals surface area contributed by atoms with Gasteiger partial charge in [-0.2, -0.15) is 0 Å². The van der Waals surface area contributed by atoms with E-state index in [0.717, 1.165) is 11.8 Å². The zero-order chi connectivity index (χ0) is 12.8. The van der Waals surface area contributed by atoms with Crippen LogP contribution >= 0.6 is 22.7 Å². The summed E-state index contributed by atoms with van der Waals surface area (Å²) in [7, 11) is 0. The predicted molar refractivity (Wildman–Crippen MR) is 80.9 cm³/mol. The highest BCUT2D eigenvalue weighted by atomic mass is 32.1. The average molecular weight is 278 g/mol. The van der Waals surface area contributed by atoms with E-state index in [1.165, 1.54) is 46.7 Å². The van der Waals surface area contributed by atoms with Crippen molar-refractivity contribution in [2.45, 2.75) is 39.0 Å². The maximum atomic E-state index is 10.7. The molecular formula is C15H18OS2. The van der Waals surface area contributed by atoms with Crippen LogP contribution < -0.4 is 0 Å². The number of hydrogen-bond acceptors (Lipinski definition) is 3. The van der Waals surface area contributed by atoms with Gasteiger partial charge in [0, 0.05) is 25.6 Å². The Morgan fingerprint density at radius 2 is 2.06 bits per heavy atom. The van der Waals surface area contributed by atoms with Gasteiger partial charge in [0.1, 0.15) is 0 Å². The molecule has 96 valence electrons. The molecule has 0 N–H and O–H groups in total. The summed E-state index contributed by atoms with van der Waals surface area (Å²) in [6.07, 6.45) is 7.36. The first-order chi connectivity index (χ1) is 8.83. The Morgan fingerprint density at radius 3 is 2.78 bits per heavy atom. The van der Waals surface area contributed by atoms with Crippen LogP contribution in [-0.2, 0) is 6.42 Å². The average Bonchev–Trinajstić information content (AvgIpc) is 3.03. The molecule has 0 amide bonds. The van der Waals surface area contributed by atoms with Gasteiger partial charge in [0.05, 0.1) is 0 Å². The van der Waals surface area contributed by atoms with Crippen LogP contribution in [0, 0.1) is 0 Å². The summed E-state index contributed by atoms with van der Waals surface area (Å²) in [6, 6.07) is 6.39. The highest BCUT2D eigenvalue weighted by Crippen LogP contribution is 2.33. The molecular weight excluding hydrogens is 260 g/mol. The van der Waals surface area contributed by atoms with Gasteiger partial charge in [-0.3, -0.25) is 4.79 Å². The van der Waals surface area contributed by atoms with Crippen LogP contribution in [0.25, 0.3) is 9.75 Å². The lowest BCUT2D eigenvalue weighted by Crippen LogP contribution is -1.80. The fraction of sp³-hybridized carbons (Fsp3) is 0.400. The number of hydrogen-bond donors (Lipinski definition) is 0. The molecule has 0 aliphatic rings. The van der Waals surface area contributed by atoms with Gasteiger partial charge in [0.2, 0.25) is 0 Å². The Morgan fingerprint density at radius 1 is 1.17 bits per heavy atom. The SMILES string of the molecule is CCCCCCc1ccc(-c2cc(C=O)cs2)s1. The second-order valence-electron chi connectivity index (χ2n) is 4.44. The minimum absolute atomic E-state index is 0.785. The molecule has 2 rings (SSSR count). The number of thiophene rings is 2. The molecule has 0 radical (unpaired) electrons. The Balaban J connectivity index is 1.95. The molecule has 0 aromatic carbocycles. The highest BCUT2D eigenvalue weighted by Gasteiger charge is 2.05. The van der Waals surface area contributed by atoms with Crippen molar-refractivity contribution in [3.05, 3.63) is 34.0 Å². The molecule has 3 heteroatoms. The van der Waals surface area contributed by atoms with Crippen LogP contribution in [0.4, 0.5) is 0 Å². The molecule has 0 aliphatic heterocycles. The molecule has 0 atom stereocenters. The molecule has 0 aliphatic carbocycles. The van der Waals surface area contributed by atoms with Gasteiger partial charge < -0.3 is 0 Å². The lowest BCUT2D eigenvalue weighted by atomic mass is 10.1. The van der Waals surface area contributed by atoms with Gasteiger partial charge in [-0.15, -0.1) is 22.7 Å². The monoisotopic (exact) mass is 278 g/mol. The maximum absolute atomic E-state index is 10.7. The van der Waals surface area contributed by atoms with Crippen molar-refractivity contribution in [2.75, 3.05) is 0 Å². The lowest BCUT2D eigenvalue weighted by Gasteiger charge is -1.96. The third-order valence-electron chi connectivity index (χ3n) is 2.94. The lowest BCUT2D eigenvalue weighted by molar-refractivity contribution is 0.112. The number of rotatable bonds is 7. The van der Waals surface area contributed by atoms with Crippen molar-refractivity contribution < 1.29 is 4.79 Å². The van der Waals surface area contributed by atoms with E-state index in [-0.39, 0.29) is 0 Å². The number of aldehydes is 1. The smallest absolute Gasteiger partial charge is 0.150 e. The van der Waals surface area contributed by atoms with Crippen molar-refractivity contribution in [3.8, 4) is 9.75 Å². The molecule has 18 heavy (non-hydrogen) atoms. The number of unbranched alkanes of at least 4 members (excludes halogenated alkanes) is 3. The van der Waals surface area contributed by atoms with Gasteiger partial charge in [-0.25, -0.2) is 0 Å². The fourth-order valence-electron chi connectivity index (χ4n) is 1.91. The third kappa shape index (κ3) is 3.53. The standard InChI is InChI=1S/C15H18OS2/c1-2-3-4-5-6-13-7-8-14(18-13)15-9-12(10-16)11-17-15/h7-11H,2-6H2,1H3. The van der Waals surface area contributed by atoms with E-state index < -0.39 is 0 Å². The Kier molecular flexibility index (Phi) is 5.14. The molecule has 0 saturated heterocycles. The first-order valence-electron chi connectivity index (χ1n) is 6.46. The van der Waals surface area contributed by atoms with Crippen LogP contribution in [0.3, 0.4) is 0 Å². The zero-order valence-corrected chi connectivity index (χ0v) is 12.3. The molecule has 1 nitrogen and oxygen atoms in total. The Bertz CT molecular complexity index is 496. The summed E-state index contributed by atoms with van der Waals surface area (Å²) < 4.78 is 0. The molecule has 2 aromatic heterocycles. The van der Waals surface area contributed by atoms with Crippen molar-refractivity contribution in [3.63, 3.8) is 0 Å². The van der Waals surface area contributed by atoms with Crippen molar-refractivity contribution >= 4 is 29.0 Å². The summed E-state index contributed by atoms with van der Waals surface area (Å²) in [6.45, 7) is 2.24. The molecule has 0 fully saturated rings. The number of carbonyl (C=O) groups excluding carboxylic acids is 1. The van der Waals surface area contributed by atoms with Crippen molar-refractivity contribution in [1.82, 2.24) is 0 Å². The van der Waals surface area contributed by atoms with Gasteiger partial charge >= 0.3 is 0 Å². The molecule has 2 aromatic rings. The van der Waals surface area contributed by atoms with Gasteiger partial charge in [-0.05, 0) is 31.0 Å². The van der Waals surface area contributed by atoms with E-state index >= 15 is 0 Å². The molecule has 0 bridgehead atoms. The molecule has 0 unspecified atom stereocenters. The van der Waals surface area contributed by atoms with E-state index in [1.807, 2.05) is 22.8 Å². The quantitative estimate of drug-likeness (QED) is 0.489. The van der Waals surface area contributed by atoms with E-state index in [9.17, 15) is 4.79 Å². The van der Waals surface area contributed by atoms with Crippen molar-refractivity contribution in [2.24, 2.45) is 0 Å². The fourth-order valence-corrected chi connectivity index (χ4v) is 3.92. The summed E-state index contributed by atoms with van der Waals surface area (Å²) in [4.78, 5) is 14.6. The van der Waals surface area contributed by atoms with Crippen molar-refractivity contribution in [1.29, 1.82) is 0 Å². The van der Waals surface area contributed by atoms with E-state index in [1.54, 1.807) is 11.3 Å². The van der Waals surface area contributed by atoms with Gasteiger partial charge in [0.15, 0.2) is 6.29 Å². The van der Waals surface area contributed by atoms with Crippen LogP contribution in [0.2, 0.25) is 0 Å². The van der Waals surface area contributed by atoms with E-state index in [4.69, 9.17) is 0 Å². The minimum Gasteiger partial charge on any atom is -0.298 e. The summed E-state index contributed by atoms with van der Waals surface area (Å²) in [5.41, 5.74) is 0.785. The summed E-state index contributed by atoms with van der Waals surface area (Å²) in [5.74, 6) is 0. The Hall–Kier alpha value is -0.930. The number of carbonyl (C=O) groups is 1. The maximum Gasteiger partial charge on any atom is 0.150 e. The zero-order valence-electron chi connectivity index (χ0n) is 10.6. The second-order valence-corrected chi connectivity index (χ2v) is 6.52. The predicted octanol–water partition coefficient (Wildman–Crippen LogP) is 5.41. The largest absolute Gasteiger partial charge is 0.298 e. The van der Waals surface area contributed by atoms with Gasteiger partial charge in [-0.1, -0.05) is 26.2 Å². The summed E-state index contributed by atoms with van der Waals surface area (Å²) >= 11 is 3.51. The van der Waals surface area contributed by atoms with Gasteiger partial charge in [0.25, 0.3) is 0 Å². The van der Waals surface area contributed by atoms with Crippen LogP contribution in [0.15, 0.2) is 23.6 Å². The highest BCUT2D eigenvalue weighted by molar-refractivity contribution is 7.21. The van der Waals surface area contributed by atoms with Crippen LogP contribution in [0.5, 0.6) is 0 Å². The number of aryl methyl sites for hydroxylation is 1. The topological polar surface area (TPSA) is 17.1 Å². The van der Waals surface area contributed by atoms with Crippen LogP contribution in [-0.4, -0.2) is 6.29 Å². The third-order valence-corrected chi connectivity index (χ3v) is 5.23. The first-order valence-corrected chi connectivity index (χ1v) is 8.16. The molecule has 0 spiro atoms. The second kappa shape index (κ2) is 6.86. The molecule has 0 saturated carbocycles. The first kappa shape index (κ1) is 13.5. The Labute approximate surface area is 116 Å². The van der Waals surface area contributed by atoms with E-state index in [2.05, 4.69) is 19.1 Å². The van der Waals surface area contributed by atoms with E-state index in [0.29, 0.717) is 0 Å². The summed E-state index contributed by atoms with van der Waals surface area (Å²) in [5, 5.41) is 1.92. The normalized spacial score (nSPS) is 10.7.